The van der Waals surface area contributed by atoms with Crippen LogP contribution in [0.3, 0.4) is 0 Å². The van der Waals surface area contributed by atoms with Crippen molar-refractivity contribution in [3.8, 4) is 0 Å². The van der Waals surface area contributed by atoms with Gasteiger partial charge in [0, 0.05) is 19.5 Å². The molecule has 0 bridgehead atoms. The summed E-state index contributed by atoms with van der Waals surface area (Å²) in [6.07, 6.45) is -1.83. The molecule has 0 spiro atoms. The molecular weight excluding hydrogens is 163 g/mol. The SMILES string of the molecule is C=C(F)F.[Ru]. The molecule has 0 aliphatic rings. The first-order valence-corrected chi connectivity index (χ1v) is 0.732. The zero-order valence-corrected chi connectivity index (χ0v) is 4.05. The summed E-state index contributed by atoms with van der Waals surface area (Å²) in [6, 6.07) is 0. The molecule has 0 rings (SSSR count). The summed E-state index contributed by atoms with van der Waals surface area (Å²) in [6.45, 7) is 2.22. The zero-order chi connectivity index (χ0) is 3.58. The van der Waals surface area contributed by atoms with Gasteiger partial charge in [-0.1, -0.05) is 0 Å². The molecule has 0 radical (unpaired) electrons. The van der Waals surface area contributed by atoms with Crippen molar-refractivity contribution in [1.82, 2.24) is 0 Å². The minimum Gasteiger partial charge on any atom is -0.174 e. The minimum absolute atomic E-state index is 0. The van der Waals surface area contributed by atoms with E-state index in [9.17, 15) is 8.78 Å². The molecule has 0 saturated carbocycles. The predicted molar refractivity (Wildman–Crippen MR) is 11.4 cm³/mol. The molecule has 0 atom stereocenters. The maximum absolute atomic E-state index is 10.1. The molecule has 5 heavy (non-hydrogen) atoms. The van der Waals surface area contributed by atoms with Crippen LogP contribution in [0.25, 0.3) is 0 Å². The van der Waals surface area contributed by atoms with Crippen molar-refractivity contribution < 1.29 is 28.3 Å². The summed E-state index contributed by atoms with van der Waals surface area (Å²) in [4.78, 5) is 0. The van der Waals surface area contributed by atoms with Crippen LogP contribution < -0.4 is 0 Å². The molecule has 3 heteroatoms. The Hall–Kier alpha value is 0.223. The van der Waals surface area contributed by atoms with Crippen LogP contribution >= 0.6 is 0 Å². The maximum atomic E-state index is 10.1. The molecule has 0 heterocycles. The van der Waals surface area contributed by atoms with Crippen LogP contribution in [0, 0.1) is 0 Å². The van der Waals surface area contributed by atoms with Crippen LogP contribution in [0.15, 0.2) is 12.7 Å². The number of halogens is 2. The smallest absolute Gasteiger partial charge is 0.174 e. The summed E-state index contributed by atoms with van der Waals surface area (Å²) in [7, 11) is 0. The Morgan fingerprint density at radius 2 is 1.40 bits per heavy atom. The average molecular weight is 165 g/mol. The molecule has 0 amide bonds. The van der Waals surface area contributed by atoms with Crippen molar-refractivity contribution in [1.29, 1.82) is 0 Å². The van der Waals surface area contributed by atoms with Crippen LogP contribution in [-0.4, -0.2) is 0 Å². The van der Waals surface area contributed by atoms with Crippen LogP contribution in [0.4, 0.5) is 8.78 Å². The van der Waals surface area contributed by atoms with Gasteiger partial charge in [0.05, 0.1) is 0 Å². The van der Waals surface area contributed by atoms with E-state index in [1.165, 1.54) is 0 Å². The van der Waals surface area contributed by atoms with Crippen LogP contribution in [0.5, 0.6) is 0 Å². The number of hydrogen-bond acceptors (Lipinski definition) is 0. The third-order valence-electron chi connectivity index (χ3n) is 0. The van der Waals surface area contributed by atoms with Crippen molar-refractivity contribution >= 4 is 0 Å². The number of rotatable bonds is 0. The maximum Gasteiger partial charge on any atom is 0.263 e. The Bertz CT molecular complexity index is 30.6. The first-order valence-electron chi connectivity index (χ1n) is 0.732. The second-order valence-electron chi connectivity index (χ2n) is 0.339. The summed E-state index contributed by atoms with van der Waals surface area (Å²) >= 11 is 0. The van der Waals surface area contributed by atoms with Gasteiger partial charge in [0.15, 0.2) is 0 Å². The summed E-state index contributed by atoms with van der Waals surface area (Å²) in [5.41, 5.74) is 0. The summed E-state index contributed by atoms with van der Waals surface area (Å²) < 4.78 is 20.3. The van der Waals surface area contributed by atoms with E-state index in [4.69, 9.17) is 0 Å². The van der Waals surface area contributed by atoms with E-state index >= 15 is 0 Å². The third-order valence-corrected chi connectivity index (χ3v) is 0. The Balaban J connectivity index is 0. The van der Waals surface area contributed by atoms with Crippen molar-refractivity contribution in [2.24, 2.45) is 0 Å². The van der Waals surface area contributed by atoms with Crippen molar-refractivity contribution in [2.75, 3.05) is 0 Å². The Morgan fingerprint density at radius 1 is 1.40 bits per heavy atom. The van der Waals surface area contributed by atoms with E-state index in [0.717, 1.165) is 0 Å². The monoisotopic (exact) mass is 166 g/mol. The van der Waals surface area contributed by atoms with Crippen LogP contribution in [-0.2, 0) is 19.5 Å². The second-order valence-corrected chi connectivity index (χ2v) is 0.339. The molecule has 0 aromatic heterocycles. The van der Waals surface area contributed by atoms with E-state index < -0.39 is 6.08 Å². The Labute approximate surface area is 41.6 Å². The molecule has 0 saturated heterocycles. The molecule has 0 nitrogen and oxygen atoms in total. The van der Waals surface area contributed by atoms with Crippen molar-refractivity contribution in [3.63, 3.8) is 0 Å². The van der Waals surface area contributed by atoms with Gasteiger partial charge < -0.3 is 0 Å². The first kappa shape index (κ1) is 8.97. The summed E-state index contributed by atoms with van der Waals surface area (Å²) in [5.74, 6) is 0. The number of hydrogen-bond donors (Lipinski definition) is 0. The quantitative estimate of drug-likeness (QED) is 0.476. The first-order chi connectivity index (χ1) is 1.73. The normalized spacial score (nSPS) is 5.20. The third kappa shape index (κ3) is 418. The molecule has 32 valence electrons. The van der Waals surface area contributed by atoms with Gasteiger partial charge in [0.2, 0.25) is 0 Å². The fourth-order valence-corrected chi connectivity index (χ4v) is 0. The standard InChI is InChI=1S/C2H2F2.Ru/c1-2(3)4;/h1H2;. The summed E-state index contributed by atoms with van der Waals surface area (Å²) in [5, 5.41) is 0. The molecule has 0 aromatic carbocycles. The Morgan fingerprint density at radius 3 is 1.40 bits per heavy atom. The largest absolute Gasteiger partial charge is 0.263 e. The van der Waals surface area contributed by atoms with E-state index in [1.54, 1.807) is 0 Å². The van der Waals surface area contributed by atoms with Gasteiger partial charge in [-0.2, -0.15) is 8.78 Å². The average Bonchev–Trinajstić information content (AvgIpc) is 0.811. The second kappa shape index (κ2) is 4.22. The molecular formula is C2H2F2Ru. The molecule has 0 aliphatic heterocycles. The van der Waals surface area contributed by atoms with Gasteiger partial charge in [-0.05, 0) is 6.58 Å². The molecule has 0 unspecified atom stereocenters. The fourth-order valence-electron chi connectivity index (χ4n) is 0. The van der Waals surface area contributed by atoms with E-state index in [-0.39, 0.29) is 19.5 Å². The van der Waals surface area contributed by atoms with E-state index in [0.29, 0.717) is 0 Å². The minimum atomic E-state index is -1.83. The Kier molecular flexibility index (Phi) is 7.57. The van der Waals surface area contributed by atoms with Gasteiger partial charge in [-0.25, -0.2) is 0 Å². The van der Waals surface area contributed by atoms with Crippen LogP contribution in [0.2, 0.25) is 0 Å². The van der Waals surface area contributed by atoms with Crippen LogP contribution in [0.1, 0.15) is 0 Å². The predicted octanol–water partition coefficient (Wildman–Crippen LogP) is 1.39. The van der Waals surface area contributed by atoms with Gasteiger partial charge >= 0.3 is 0 Å². The molecule has 0 fully saturated rings. The molecule has 0 aromatic rings. The van der Waals surface area contributed by atoms with Gasteiger partial charge in [-0.3, -0.25) is 0 Å². The topological polar surface area (TPSA) is 0 Å². The zero-order valence-electron chi connectivity index (χ0n) is 2.32. The molecule has 0 aliphatic carbocycles. The van der Waals surface area contributed by atoms with Crippen molar-refractivity contribution in [2.45, 2.75) is 0 Å². The molecule has 0 N–H and O–H groups in total. The van der Waals surface area contributed by atoms with Gasteiger partial charge in [0.25, 0.3) is 6.08 Å². The van der Waals surface area contributed by atoms with E-state index in [1.807, 2.05) is 0 Å². The van der Waals surface area contributed by atoms with Gasteiger partial charge in [-0.15, -0.1) is 0 Å². The fraction of sp³-hybridized carbons (Fsp3) is 0. The van der Waals surface area contributed by atoms with Gasteiger partial charge in [0.1, 0.15) is 0 Å². The van der Waals surface area contributed by atoms with Crippen molar-refractivity contribution in [3.05, 3.63) is 12.7 Å². The van der Waals surface area contributed by atoms with E-state index in [2.05, 4.69) is 6.58 Å².